The molecular weight excluding hydrogens is 140 g/mol. The summed E-state index contributed by atoms with van der Waals surface area (Å²) >= 11 is 0. The van der Waals surface area contributed by atoms with E-state index in [1.54, 1.807) is 0 Å². The predicted molar refractivity (Wildman–Crippen MR) is 33.5 cm³/mol. The van der Waals surface area contributed by atoms with Gasteiger partial charge in [0.1, 0.15) is 11.6 Å². The third-order valence-corrected chi connectivity index (χ3v) is 1.97. The summed E-state index contributed by atoms with van der Waals surface area (Å²) in [4.78, 5) is 21.2. The van der Waals surface area contributed by atoms with Gasteiger partial charge in [0.15, 0.2) is 0 Å². The quantitative estimate of drug-likeness (QED) is 0.469. The van der Waals surface area contributed by atoms with Crippen molar-refractivity contribution in [2.24, 2.45) is 11.8 Å². The highest BCUT2D eigenvalue weighted by Crippen LogP contribution is 2.46. The molecule has 50 valence electrons. The molecule has 2 saturated carbocycles. The minimum Gasteiger partial charge on any atom is -0.299 e. The molecule has 2 unspecified atom stereocenters. The van der Waals surface area contributed by atoms with E-state index in [2.05, 4.69) is 0 Å². The van der Waals surface area contributed by atoms with Crippen LogP contribution in [0.1, 0.15) is 12.8 Å². The average molecular weight is 147 g/mol. The fraction of sp³-hybridized carbons (Fsp3) is 0.667. The second kappa shape index (κ2) is 1.81. The average Bonchev–Trinajstić information content (AvgIpc) is 2.35. The molecule has 0 aromatic carbocycles. The smallest absolute Gasteiger partial charge is 0.144 e. The Morgan fingerprint density at radius 1 is 1.11 bits per heavy atom. The largest absolute Gasteiger partial charge is 0.299 e. The third kappa shape index (κ3) is 0.778. The van der Waals surface area contributed by atoms with Gasteiger partial charge in [0.25, 0.3) is 0 Å². The second-order valence-corrected chi connectivity index (χ2v) is 2.56. The van der Waals surface area contributed by atoms with E-state index in [9.17, 15) is 9.59 Å². The van der Waals surface area contributed by atoms with Crippen LogP contribution in [0.5, 0.6) is 0 Å². The van der Waals surface area contributed by atoms with Gasteiger partial charge in [0, 0.05) is 11.8 Å². The monoisotopic (exact) mass is 146 g/mol. The molecule has 0 aromatic rings. The van der Waals surface area contributed by atoms with Crippen LogP contribution in [0.4, 0.5) is 0 Å². The summed E-state index contributed by atoms with van der Waals surface area (Å²) in [5, 5.41) is 0. The van der Waals surface area contributed by atoms with Crippen LogP contribution < -0.4 is 0 Å². The zero-order valence-corrected chi connectivity index (χ0v) is 5.61. The van der Waals surface area contributed by atoms with Gasteiger partial charge in [-0.05, 0) is 6.42 Å². The Morgan fingerprint density at radius 2 is 1.56 bits per heavy atom. The molecule has 3 heteroatoms. The number of carbonyl (C=O) groups is 2. The van der Waals surface area contributed by atoms with Gasteiger partial charge in [-0.25, -0.2) is 0 Å². The molecule has 0 saturated heterocycles. The number of Topliss-reactive ketones (excluding diaryl/α,β-unsaturated/α-hetero) is 2. The Labute approximate surface area is 59.0 Å². The molecule has 2 nitrogen and oxygen atoms in total. The number of carbonyl (C=O) groups excluding carboxylic acids is 2. The summed E-state index contributed by atoms with van der Waals surface area (Å²) in [7, 11) is 0. The van der Waals surface area contributed by atoms with Crippen molar-refractivity contribution in [2.45, 2.75) is 12.8 Å². The van der Waals surface area contributed by atoms with E-state index in [1.807, 2.05) is 0 Å². The van der Waals surface area contributed by atoms with Gasteiger partial charge < -0.3 is 0 Å². The van der Waals surface area contributed by atoms with Crippen molar-refractivity contribution in [3.8, 4) is 0 Å². The van der Waals surface area contributed by atoms with E-state index in [4.69, 9.17) is 0 Å². The zero-order valence-electron chi connectivity index (χ0n) is 4.79. The summed E-state index contributed by atoms with van der Waals surface area (Å²) in [5.74, 6) is 0.699. The topological polar surface area (TPSA) is 34.1 Å². The zero-order chi connectivity index (χ0) is 5.72. The van der Waals surface area contributed by atoms with Gasteiger partial charge in [-0.3, -0.25) is 9.59 Å². The normalized spacial score (nSPS) is 37.8. The van der Waals surface area contributed by atoms with Crippen LogP contribution in [0.15, 0.2) is 0 Å². The van der Waals surface area contributed by atoms with Crippen molar-refractivity contribution < 1.29 is 9.59 Å². The van der Waals surface area contributed by atoms with E-state index >= 15 is 0 Å². The van der Waals surface area contributed by atoms with Crippen LogP contribution in [-0.2, 0) is 9.59 Å². The van der Waals surface area contributed by atoms with Gasteiger partial charge in [-0.15, -0.1) is 12.4 Å². The standard InChI is InChI=1S/C6H6O2.ClH/c7-5-2-6(8)4-1-3(4)5;/h3-4H,1-2H2;1H. The number of halogens is 1. The molecule has 2 atom stereocenters. The van der Waals surface area contributed by atoms with Crippen LogP contribution in [0.2, 0.25) is 0 Å². The molecular formula is C6H7ClO2. The highest BCUT2D eigenvalue weighted by molar-refractivity contribution is 6.12. The summed E-state index contributed by atoms with van der Waals surface area (Å²) in [6, 6.07) is 0. The van der Waals surface area contributed by atoms with Crippen LogP contribution in [0, 0.1) is 11.8 Å². The lowest BCUT2D eigenvalue weighted by atomic mass is 10.2. The Kier molecular flexibility index (Phi) is 1.35. The van der Waals surface area contributed by atoms with Crippen molar-refractivity contribution in [2.75, 3.05) is 0 Å². The number of rotatable bonds is 0. The number of hydrogen-bond donors (Lipinski definition) is 0. The minimum absolute atomic E-state index is 0. The lowest BCUT2D eigenvalue weighted by Crippen LogP contribution is -1.98. The van der Waals surface area contributed by atoms with Crippen molar-refractivity contribution in [1.29, 1.82) is 0 Å². The summed E-state index contributed by atoms with van der Waals surface area (Å²) in [6.07, 6.45) is 1.09. The predicted octanol–water partition coefficient (Wildman–Crippen LogP) is 0.586. The van der Waals surface area contributed by atoms with Crippen molar-refractivity contribution in [3.05, 3.63) is 0 Å². The summed E-state index contributed by atoms with van der Waals surface area (Å²) in [6.45, 7) is 0. The molecule has 0 aromatic heterocycles. The van der Waals surface area contributed by atoms with E-state index in [1.165, 1.54) is 0 Å². The van der Waals surface area contributed by atoms with Crippen LogP contribution >= 0.6 is 12.4 Å². The molecule has 2 aliphatic carbocycles. The van der Waals surface area contributed by atoms with Crippen LogP contribution in [-0.4, -0.2) is 11.6 Å². The Hall–Kier alpha value is -0.370. The van der Waals surface area contributed by atoms with E-state index in [0.29, 0.717) is 0 Å². The first kappa shape index (κ1) is 6.75. The SMILES string of the molecule is Cl.O=C1CC(=O)C2CC12. The van der Waals surface area contributed by atoms with Gasteiger partial charge in [0.2, 0.25) is 0 Å². The first-order valence-electron chi connectivity index (χ1n) is 2.84. The van der Waals surface area contributed by atoms with Gasteiger partial charge in [-0.2, -0.15) is 0 Å². The van der Waals surface area contributed by atoms with Gasteiger partial charge in [-0.1, -0.05) is 0 Å². The molecule has 9 heavy (non-hydrogen) atoms. The minimum atomic E-state index is 0. The van der Waals surface area contributed by atoms with Crippen molar-refractivity contribution >= 4 is 24.0 Å². The second-order valence-electron chi connectivity index (χ2n) is 2.56. The highest BCUT2D eigenvalue weighted by Gasteiger charge is 2.53. The number of ketones is 2. The van der Waals surface area contributed by atoms with Crippen LogP contribution in [0.25, 0.3) is 0 Å². The molecule has 0 N–H and O–H groups in total. The molecule has 2 rings (SSSR count). The molecule has 0 aliphatic heterocycles. The van der Waals surface area contributed by atoms with Crippen molar-refractivity contribution in [3.63, 3.8) is 0 Å². The number of hydrogen-bond acceptors (Lipinski definition) is 2. The molecule has 2 aliphatic rings. The summed E-state index contributed by atoms with van der Waals surface area (Å²) < 4.78 is 0. The molecule has 2 fully saturated rings. The lowest BCUT2D eigenvalue weighted by molar-refractivity contribution is -0.124. The summed E-state index contributed by atoms with van der Waals surface area (Å²) in [5.41, 5.74) is 0. The van der Waals surface area contributed by atoms with E-state index in [-0.39, 0.29) is 42.2 Å². The lowest BCUT2D eigenvalue weighted by Gasteiger charge is -1.82. The van der Waals surface area contributed by atoms with Crippen molar-refractivity contribution in [1.82, 2.24) is 0 Å². The molecule has 0 spiro atoms. The van der Waals surface area contributed by atoms with E-state index in [0.717, 1.165) is 6.42 Å². The van der Waals surface area contributed by atoms with Gasteiger partial charge in [0.05, 0.1) is 6.42 Å². The highest BCUT2D eigenvalue weighted by atomic mass is 35.5. The maximum absolute atomic E-state index is 10.6. The molecule has 0 amide bonds. The Bertz CT molecular complexity index is 158. The maximum atomic E-state index is 10.6. The Balaban J connectivity index is 0.000000405. The first-order chi connectivity index (χ1) is 3.79. The fourth-order valence-corrected chi connectivity index (χ4v) is 1.34. The van der Waals surface area contributed by atoms with E-state index < -0.39 is 0 Å². The molecule has 0 radical (unpaired) electrons. The number of fused-ring (bicyclic) bond motifs is 1. The fourth-order valence-electron chi connectivity index (χ4n) is 1.34. The molecule has 0 bridgehead atoms. The first-order valence-corrected chi connectivity index (χ1v) is 2.84. The van der Waals surface area contributed by atoms with Gasteiger partial charge >= 0.3 is 0 Å². The third-order valence-electron chi connectivity index (χ3n) is 1.97. The molecule has 0 heterocycles. The van der Waals surface area contributed by atoms with Crippen LogP contribution in [0.3, 0.4) is 0 Å². The Morgan fingerprint density at radius 3 is 1.67 bits per heavy atom. The maximum Gasteiger partial charge on any atom is 0.144 e.